The standard InChI is InChI=1S/C22H34N4O7Si/c1-13(2)34(14(3)4,15(5)6)33-20-18(24-25-23)22(32-26(27)28)30-17-12-29-21(31-19(17)20)16-10-8-7-9-11-16/h7-11,13-15,17-22H,12H2,1-6H3/t17-,18+,19-,20-,21?,22-/m1/s1. The van der Waals surface area contributed by atoms with Gasteiger partial charge in [0.2, 0.25) is 14.6 Å². The SMILES string of the molecule is CC(C)[Si](O[C@@H]1[C@H](N=[N+]=[N-])[C@@H](O[N+](=O)[O-])O[C@@H]2COC(c3ccccc3)O[C@@H]12)(C(C)C)C(C)C. The third-order valence-electron chi connectivity index (χ3n) is 6.80. The van der Waals surface area contributed by atoms with E-state index in [1.807, 2.05) is 30.3 Å². The molecule has 2 aliphatic heterocycles. The highest BCUT2D eigenvalue weighted by Gasteiger charge is 2.56. The molecule has 188 valence electrons. The molecule has 0 aromatic heterocycles. The van der Waals surface area contributed by atoms with Gasteiger partial charge in [-0.15, -0.1) is 10.1 Å². The summed E-state index contributed by atoms with van der Waals surface area (Å²) in [7, 11) is -2.52. The lowest BCUT2D eigenvalue weighted by molar-refractivity contribution is -0.784. The highest BCUT2D eigenvalue weighted by molar-refractivity contribution is 6.77. The van der Waals surface area contributed by atoms with Crippen LogP contribution in [0.2, 0.25) is 16.6 Å². The van der Waals surface area contributed by atoms with Crippen LogP contribution in [0.4, 0.5) is 0 Å². The Kier molecular flexibility index (Phi) is 8.55. The van der Waals surface area contributed by atoms with Crippen molar-refractivity contribution < 1.29 is 28.6 Å². The molecule has 34 heavy (non-hydrogen) atoms. The number of rotatable bonds is 9. The van der Waals surface area contributed by atoms with Gasteiger partial charge < -0.3 is 18.6 Å². The summed E-state index contributed by atoms with van der Waals surface area (Å²) in [6.07, 6.45) is -4.29. The van der Waals surface area contributed by atoms with Gasteiger partial charge in [-0.2, -0.15) is 0 Å². The fraction of sp³-hybridized carbons (Fsp3) is 0.727. The molecule has 6 atom stereocenters. The van der Waals surface area contributed by atoms with Gasteiger partial charge in [-0.05, 0) is 22.2 Å². The third kappa shape index (κ3) is 5.22. The van der Waals surface area contributed by atoms with E-state index in [4.69, 9.17) is 23.5 Å². The Morgan fingerprint density at radius 3 is 2.26 bits per heavy atom. The first kappa shape index (κ1) is 26.4. The average Bonchev–Trinajstić information content (AvgIpc) is 2.78. The Morgan fingerprint density at radius 2 is 1.74 bits per heavy atom. The van der Waals surface area contributed by atoms with Crippen molar-refractivity contribution in [3.05, 3.63) is 56.5 Å². The van der Waals surface area contributed by atoms with Gasteiger partial charge in [0.1, 0.15) is 18.2 Å². The van der Waals surface area contributed by atoms with Crippen LogP contribution in [-0.2, 0) is 23.5 Å². The van der Waals surface area contributed by atoms with Gasteiger partial charge in [-0.3, -0.25) is 4.84 Å². The molecule has 2 fully saturated rings. The number of hydrogen-bond donors (Lipinski definition) is 0. The van der Waals surface area contributed by atoms with Crippen LogP contribution in [0.15, 0.2) is 35.4 Å². The van der Waals surface area contributed by atoms with Crippen LogP contribution in [-0.4, -0.2) is 50.7 Å². The lowest BCUT2D eigenvalue weighted by Gasteiger charge is -2.52. The second-order valence-electron chi connectivity index (χ2n) is 9.64. The molecule has 0 radical (unpaired) electrons. The van der Waals surface area contributed by atoms with Crippen molar-refractivity contribution >= 4 is 8.32 Å². The van der Waals surface area contributed by atoms with Crippen LogP contribution in [0.3, 0.4) is 0 Å². The molecule has 1 aromatic carbocycles. The van der Waals surface area contributed by atoms with E-state index in [1.165, 1.54) is 0 Å². The molecule has 0 amide bonds. The van der Waals surface area contributed by atoms with Crippen LogP contribution in [0.5, 0.6) is 0 Å². The van der Waals surface area contributed by atoms with Crippen molar-refractivity contribution in [1.82, 2.24) is 0 Å². The molecule has 2 heterocycles. The van der Waals surface area contributed by atoms with Crippen LogP contribution in [0.1, 0.15) is 53.4 Å². The zero-order chi connectivity index (χ0) is 25.0. The van der Waals surface area contributed by atoms with Crippen LogP contribution in [0.25, 0.3) is 10.4 Å². The molecular weight excluding hydrogens is 460 g/mol. The van der Waals surface area contributed by atoms with Gasteiger partial charge in [0.05, 0.1) is 12.7 Å². The summed E-state index contributed by atoms with van der Waals surface area (Å²) in [6, 6.07) is 8.34. The van der Waals surface area contributed by atoms with E-state index in [-0.39, 0.29) is 23.2 Å². The Balaban J connectivity index is 2.05. The van der Waals surface area contributed by atoms with Crippen molar-refractivity contribution in [3.8, 4) is 0 Å². The maximum absolute atomic E-state index is 11.2. The highest BCUT2D eigenvalue weighted by Crippen LogP contribution is 2.46. The van der Waals surface area contributed by atoms with E-state index in [9.17, 15) is 15.6 Å². The van der Waals surface area contributed by atoms with Crippen molar-refractivity contribution in [2.45, 2.75) is 95.1 Å². The number of hydrogen-bond acceptors (Lipinski definition) is 8. The topological polar surface area (TPSA) is 138 Å². The molecule has 1 aromatic rings. The molecule has 0 N–H and O–H groups in total. The summed E-state index contributed by atoms with van der Waals surface area (Å²) >= 11 is 0. The van der Waals surface area contributed by atoms with E-state index in [0.717, 1.165) is 5.56 Å². The summed E-state index contributed by atoms with van der Waals surface area (Å²) in [6.45, 7) is 12.9. The smallest absolute Gasteiger partial charge is 0.297 e. The van der Waals surface area contributed by atoms with Crippen LogP contribution < -0.4 is 0 Å². The minimum atomic E-state index is -2.52. The highest BCUT2D eigenvalue weighted by atomic mass is 28.4. The van der Waals surface area contributed by atoms with Crippen molar-refractivity contribution in [2.75, 3.05) is 6.61 Å². The minimum Gasteiger partial charge on any atom is -0.410 e. The lowest BCUT2D eigenvalue weighted by Crippen LogP contribution is -2.66. The van der Waals surface area contributed by atoms with Gasteiger partial charge in [0.25, 0.3) is 5.09 Å². The molecular formula is C22H34N4O7Si. The molecule has 2 saturated heterocycles. The van der Waals surface area contributed by atoms with E-state index in [0.29, 0.717) is 0 Å². The summed E-state index contributed by atoms with van der Waals surface area (Å²) in [5, 5.41) is 14.1. The molecule has 1 unspecified atom stereocenters. The number of nitrogens with zero attached hydrogens (tertiary/aromatic N) is 4. The van der Waals surface area contributed by atoms with Crippen LogP contribution >= 0.6 is 0 Å². The predicted molar refractivity (Wildman–Crippen MR) is 126 cm³/mol. The summed E-state index contributed by atoms with van der Waals surface area (Å²) < 4.78 is 25.1. The van der Waals surface area contributed by atoms with E-state index in [2.05, 4.69) is 51.6 Å². The quantitative estimate of drug-likeness (QED) is 0.114. The van der Waals surface area contributed by atoms with Crippen molar-refractivity contribution in [3.63, 3.8) is 0 Å². The Bertz CT molecular complexity index is 859. The maximum atomic E-state index is 11.2. The molecule has 0 aliphatic carbocycles. The average molecular weight is 495 g/mol. The monoisotopic (exact) mass is 494 g/mol. The van der Waals surface area contributed by atoms with E-state index >= 15 is 0 Å². The van der Waals surface area contributed by atoms with Gasteiger partial charge in [0, 0.05) is 10.5 Å². The molecule has 11 nitrogen and oxygen atoms in total. The van der Waals surface area contributed by atoms with Crippen molar-refractivity contribution in [2.24, 2.45) is 5.11 Å². The third-order valence-corrected chi connectivity index (χ3v) is 12.9. The van der Waals surface area contributed by atoms with E-state index < -0.39 is 50.3 Å². The zero-order valence-electron chi connectivity index (χ0n) is 20.4. The van der Waals surface area contributed by atoms with Gasteiger partial charge in [0.15, 0.2) is 6.29 Å². The predicted octanol–water partition coefficient (Wildman–Crippen LogP) is 5.27. The second-order valence-corrected chi connectivity index (χ2v) is 15.1. The van der Waals surface area contributed by atoms with E-state index in [1.54, 1.807) is 0 Å². The lowest BCUT2D eigenvalue weighted by atomic mass is 9.96. The van der Waals surface area contributed by atoms with Gasteiger partial charge in [-0.1, -0.05) is 77.0 Å². The number of fused-ring (bicyclic) bond motifs is 1. The van der Waals surface area contributed by atoms with Gasteiger partial charge in [-0.25, -0.2) is 0 Å². The first-order chi connectivity index (χ1) is 16.1. The second kappa shape index (κ2) is 11.0. The largest absolute Gasteiger partial charge is 0.410 e. The van der Waals surface area contributed by atoms with Crippen molar-refractivity contribution in [1.29, 1.82) is 0 Å². The van der Waals surface area contributed by atoms with Gasteiger partial charge >= 0.3 is 0 Å². The molecule has 0 bridgehead atoms. The fourth-order valence-corrected chi connectivity index (χ4v) is 11.0. The minimum absolute atomic E-state index is 0.115. The summed E-state index contributed by atoms with van der Waals surface area (Å²) in [4.78, 5) is 18.9. The molecule has 0 spiro atoms. The summed E-state index contributed by atoms with van der Waals surface area (Å²) in [5.74, 6) is 0. The first-order valence-corrected chi connectivity index (χ1v) is 13.8. The molecule has 3 rings (SSSR count). The maximum Gasteiger partial charge on any atom is 0.297 e. The molecule has 12 heteroatoms. The molecule has 2 aliphatic rings. The first-order valence-electron chi connectivity index (χ1n) is 11.6. The Labute approximate surface area is 200 Å². The number of benzene rings is 1. The van der Waals surface area contributed by atoms with Crippen LogP contribution in [0, 0.1) is 10.1 Å². The zero-order valence-corrected chi connectivity index (χ0v) is 21.4. The number of ether oxygens (including phenoxy) is 3. The Hall–Kier alpha value is -2.21. The molecule has 0 saturated carbocycles. The Morgan fingerprint density at radius 1 is 1.12 bits per heavy atom. The normalized spacial score (nSPS) is 29.6. The number of azide groups is 1. The fourth-order valence-electron chi connectivity index (χ4n) is 5.47. The summed E-state index contributed by atoms with van der Waals surface area (Å²) in [5.41, 5.74) is 10.8.